The first-order valence-electron chi connectivity index (χ1n) is 9.75. The third kappa shape index (κ3) is 5.05. The summed E-state index contributed by atoms with van der Waals surface area (Å²) in [5.74, 6) is 0.990. The second-order valence-corrected chi connectivity index (χ2v) is 7.99. The van der Waals surface area contributed by atoms with Gasteiger partial charge in [-0.2, -0.15) is 0 Å². The van der Waals surface area contributed by atoms with Crippen molar-refractivity contribution in [1.82, 2.24) is 15.1 Å². The Morgan fingerprint density at radius 1 is 1.00 bits per heavy atom. The number of amides is 3. The summed E-state index contributed by atoms with van der Waals surface area (Å²) in [7, 11) is 3.10. The molecule has 1 atom stereocenters. The number of ether oxygens (including phenoxy) is 2. The van der Waals surface area contributed by atoms with E-state index < -0.39 is 0 Å². The molecule has 0 aromatic heterocycles. The number of benzene rings is 2. The summed E-state index contributed by atoms with van der Waals surface area (Å²) >= 11 is 3.45. The topological polar surface area (TPSA) is 71.1 Å². The van der Waals surface area contributed by atoms with Crippen molar-refractivity contribution in [3.05, 3.63) is 58.1 Å². The van der Waals surface area contributed by atoms with E-state index >= 15 is 0 Å². The highest BCUT2D eigenvalue weighted by Crippen LogP contribution is 2.26. The highest BCUT2D eigenvalue weighted by Gasteiger charge is 2.27. The van der Waals surface area contributed by atoms with E-state index in [2.05, 4.69) is 21.2 Å². The van der Waals surface area contributed by atoms with Gasteiger partial charge >= 0.3 is 6.03 Å². The van der Waals surface area contributed by atoms with Gasteiger partial charge in [0.1, 0.15) is 11.5 Å². The van der Waals surface area contributed by atoms with Gasteiger partial charge in [-0.25, -0.2) is 4.79 Å². The zero-order chi connectivity index (χ0) is 21.7. The first kappa shape index (κ1) is 22.0. The highest BCUT2D eigenvalue weighted by atomic mass is 79.9. The number of carbonyl (C=O) groups is 2. The van der Waals surface area contributed by atoms with Crippen LogP contribution >= 0.6 is 15.9 Å². The molecule has 1 aliphatic heterocycles. The molecule has 2 aromatic carbocycles. The van der Waals surface area contributed by atoms with E-state index in [1.165, 1.54) is 7.11 Å². The summed E-state index contributed by atoms with van der Waals surface area (Å²) in [5, 5.41) is 3.03. The van der Waals surface area contributed by atoms with Crippen LogP contribution in [-0.2, 0) is 0 Å². The zero-order valence-electron chi connectivity index (χ0n) is 17.4. The number of nitrogens with one attached hydrogen (secondary N) is 1. The molecule has 1 fully saturated rings. The van der Waals surface area contributed by atoms with Crippen LogP contribution in [0.25, 0.3) is 0 Å². The largest absolute Gasteiger partial charge is 0.497 e. The molecule has 1 N–H and O–H groups in total. The number of hydrogen-bond donors (Lipinski definition) is 1. The van der Waals surface area contributed by atoms with Crippen molar-refractivity contribution in [2.75, 3.05) is 40.4 Å². The number of methoxy groups -OCH3 is 2. The maximum Gasteiger partial charge on any atom is 0.317 e. The molecule has 0 saturated carbocycles. The Morgan fingerprint density at radius 3 is 2.33 bits per heavy atom. The maximum atomic E-state index is 12.9. The second-order valence-electron chi connectivity index (χ2n) is 7.07. The van der Waals surface area contributed by atoms with Crippen molar-refractivity contribution in [2.45, 2.75) is 13.0 Å². The van der Waals surface area contributed by atoms with E-state index in [1.54, 1.807) is 35.1 Å². The lowest BCUT2D eigenvalue weighted by Crippen LogP contribution is -2.53. The third-order valence-electron chi connectivity index (χ3n) is 5.18. The monoisotopic (exact) mass is 475 g/mol. The Hall–Kier alpha value is -2.74. The lowest BCUT2D eigenvalue weighted by Gasteiger charge is -2.35. The minimum Gasteiger partial charge on any atom is -0.497 e. The smallest absolute Gasteiger partial charge is 0.317 e. The predicted octanol–water partition coefficient (Wildman–Crippen LogP) is 3.69. The number of piperazine rings is 1. The molecule has 30 heavy (non-hydrogen) atoms. The van der Waals surface area contributed by atoms with Crippen molar-refractivity contribution in [3.63, 3.8) is 0 Å². The molecule has 1 heterocycles. The minimum absolute atomic E-state index is 0.113. The van der Waals surface area contributed by atoms with Crippen LogP contribution < -0.4 is 14.8 Å². The van der Waals surface area contributed by atoms with Crippen molar-refractivity contribution in [1.29, 1.82) is 0 Å². The molecule has 8 heteroatoms. The summed E-state index contributed by atoms with van der Waals surface area (Å²) < 4.78 is 11.5. The molecular formula is C22H26BrN3O4. The van der Waals surface area contributed by atoms with Gasteiger partial charge in [-0.15, -0.1) is 0 Å². The molecule has 7 nitrogen and oxygen atoms in total. The number of halogens is 1. The lowest BCUT2D eigenvalue weighted by molar-refractivity contribution is 0.0660. The molecule has 0 spiro atoms. The van der Waals surface area contributed by atoms with Crippen molar-refractivity contribution >= 4 is 27.9 Å². The first-order valence-corrected chi connectivity index (χ1v) is 10.5. The van der Waals surface area contributed by atoms with E-state index in [-0.39, 0.29) is 18.0 Å². The SMILES string of the molecule is COc1ccc(C(=O)N2CCN(C(=O)NC(C)c3cccc(Br)c3)CC2)c(OC)c1. The number of urea groups is 1. The predicted molar refractivity (Wildman–Crippen MR) is 118 cm³/mol. The van der Waals surface area contributed by atoms with E-state index in [9.17, 15) is 9.59 Å². The van der Waals surface area contributed by atoms with Gasteiger partial charge in [0.15, 0.2) is 0 Å². The average molecular weight is 476 g/mol. The van der Waals surface area contributed by atoms with Crippen molar-refractivity contribution in [2.24, 2.45) is 0 Å². The Balaban J connectivity index is 1.58. The van der Waals surface area contributed by atoms with E-state index in [0.717, 1.165) is 10.0 Å². The summed E-state index contributed by atoms with van der Waals surface area (Å²) in [6.45, 7) is 3.83. The van der Waals surface area contributed by atoms with Gasteiger partial charge in [-0.3, -0.25) is 4.79 Å². The number of hydrogen-bond acceptors (Lipinski definition) is 4. The second kappa shape index (κ2) is 9.84. The molecule has 160 valence electrons. The molecule has 2 aromatic rings. The highest BCUT2D eigenvalue weighted by molar-refractivity contribution is 9.10. The molecule has 1 saturated heterocycles. The lowest BCUT2D eigenvalue weighted by atomic mass is 10.1. The van der Waals surface area contributed by atoms with E-state index in [1.807, 2.05) is 31.2 Å². The van der Waals surface area contributed by atoms with E-state index in [0.29, 0.717) is 43.2 Å². The fraction of sp³-hybridized carbons (Fsp3) is 0.364. The quantitative estimate of drug-likeness (QED) is 0.715. The van der Waals surface area contributed by atoms with Crippen LogP contribution in [0, 0.1) is 0 Å². The van der Waals surface area contributed by atoms with Crippen LogP contribution in [0.1, 0.15) is 28.9 Å². The Kier molecular flexibility index (Phi) is 7.20. The van der Waals surface area contributed by atoms with Crippen LogP contribution in [-0.4, -0.2) is 62.1 Å². The number of rotatable bonds is 5. The van der Waals surface area contributed by atoms with Crippen LogP contribution in [0.4, 0.5) is 4.79 Å². The standard InChI is InChI=1S/C22H26BrN3O4/c1-15(16-5-4-6-17(23)13-16)24-22(28)26-11-9-25(10-12-26)21(27)19-8-7-18(29-2)14-20(19)30-3/h4-8,13-15H,9-12H2,1-3H3,(H,24,28). The fourth-order valence-corrected chi connectivity index (χ4v) is 3.81. The molecule has 1 unspecified atom stereocenters. The average Bonchev–Trinajstić information content (AvgIpc) is 2.78. The molecular weight excluding hydrogens is 450 g/mol. The van der Waals surface area contributed by atoms with Crippen LogP contribution in [0.15, 0.2) is 46.9 Å². The molecule has 0 radical (unpaired) electrons. The summed E-state index contributed by atoms with van der Waals surface area (Å²) in [6.07, 6.45) is 0. The third-order valence-corrected chi connectivity index (χ3v) is 5.68. The van der Waals surface area contributed by atoms with Gasteiger partial charge < -0.3 is 24.6 Å². The van der Waals surface area contributed by atoms with Crippen LogP contribution in [0.5, 0.6) is 11.5 Å². The fourth-order valence-electron chi connectivity index (χ4n) is 3.39. The summed E-state index contributed by atoms with van der Waals surface area (Å²) in [4.78, 5) is 29.1. The summed E-state index contributed by atoms with van der Waals surface area (Å²) in [5.41, 5.74) is 1.51. The molecule has 1 aliphatic rings. The molecule has 3 rings (SSSR count). The maximum absolute atomic E-state index is 12.9. The number of carbonyl (C=O) groups excluding carboxylic acids is 2. The molecule has 0 aliphatic carbocycles. The Morgan fingerprint density at radius 2 is 1.70 bits per heavy atom. The molecule has 3 amide bonds. The Labute approximate surface area is 185 Å². The zero-order valence-corrected chi connectivity index (χ0v) is 18.9. The normalized spacial score (nSPS) is 14.8. The van der Waals surface area contributed by atoms with Crippen LogP contribution in [0.3, 0.4) is 0 Å². The number of nitrogens with zero attached hydrogens (tertiary/aromatic N) is 2. The van der Waals surface area contributed by atoms with Crippen LogP contribution in [0.2, 0.25) is 0 Å². The van der Waals surface area contributed by atoms with Crippen molar-refractivity contribution in [3.8, 4) is 11.5 Å². The van der Waals surface area contributed by atoms with Gasteiger partial charge in [-0.1, -0.05) is 28.1 Å². The first-order chi connectivity index (χ1) is 14.4. The van der Waals surface area contributed by atoms with Gasteiger partial charge in [-0.05, 0) is 36.8 Å². The van der Waals surface area contributed by atoms with E-state index in [4.69, 9.17) is 9.47 Å². The van der Waals surface area contributed by atoms with Gasteiger partial charge in [0.25, 0.3) is 5.91 Å². The molecule has 0 bridgehead atoms. The van der Waals surface area contributed by atoms with Crippen molar-refractivity contribution < 1.29 is 19.1 Å². The minimum atomic E-state index is -0.128. The summed E-state index contributed by atoms with van der Waals surface area (Å²) in [6, 6.07) is 12.8. The Bertz CT molecular complexity index is 913. The van der Waals surface area contributed by atoms with Gasteiger partial charge in [0.2, 0.25) is 0 Å². The van der Waals surface area contributed by atoms with Gasteiger partial charge in [0.05, 0.1) is 25.8 Å². The van der Waals surface area contributed by atoms with Gasteiger partial charge in [0, 0.05) is 36.7 Å².